The van der Waals surface area contributed by atoms with Crippen LogP contribution in [0.2, 0.25) is 0 Å². The van der Waals surface area contributed by atoms with Crippen LogP contribution in [0.4, 0.5) is 110 Å². The SMILES string of the molecule is CC(C)COC(=O)NCC(C)OC(=O)Nc1ccc(C(F)(F)F)cc1.CC(C)COC(=O)NCC(C)OC(=O)Nc1cccc(C(F)(F)F)c1.COc1ccc(NC(=O)OC(C)CNC(=O)OCC(C)C)cc1.O=C=Nc1ccc(C(F)(F)F)cc1.O=C=Nc1cccc(C(F)(F)F)c1. The van der Waals surface area contributed by atoms with Crippen molar-refractivity contribution in [2.45, 2.75) is 105 Å². The molecule has 0 saturated heterocycles. The van der Waals surface area contributed by atoms with Gasteiger partial charge < -0.3 is 49.1 Å². The lowest BCUT2D eigenvalue weighted by Gasteiger charge is -2.15. The van der Waals surface area contributed by atoms with Crippen LogP contribution in [0, 0.1) is 17.8 Å². The Hall–Kier alpha value is -10.6. The van der Waals surface area contributed by atoms with Gasteiger partial charge in [-0.3, -0.25) is 16.0 Å². The average Bonchev–Trinajstić information content (AvgIpc) is 0.903. The molecule has 0 aliphatic carbocycles. The summed E-state index contributed by atoms with van der Waals surface area (Å²) in [5.74, 6) is 1.36. The van der Waals surface area contributed by atoms with Crippen molar-refractivity contribution in [2.24, 2.45) is 27.7 Å². The second-order valence-corrected chi connectivity index (χ2v) is 21.5. The summed E-state index contributed by atoms with van der Waals surface area (Å²) in [6, 6.07) is 23.1. The number of methoxy groups -OCH3 is 1. The number of hydrogen-bond donors (Lipinski definition) is 6. The van der Waals surface area contributed by atoms with Crippen LogP contribution in [0.5, 0.6) is 5.75 Å². The fourth-order valence-corrected chi connectivity index (χ4v) is 6.45. The Bertz CT molecular complexity index is 3380. The number of carbonyl (C=O) groups is 6. The maximum atomic E-state index is 12.6. The molecule has 23 nitrogen and oxygen atoms in total. The normalized spacial score (nSPS) is 11.8. The third kappa shape index (κ3) is 40.6. The number of nitrogens with one attached hydrogen (secondary N) is 6. The molecule has 0 radical (unpaired) electrons. The predicted octanol–water partition coefficient (Wildman–Crippen LogP) is 16.4. The lowest BCUT2D eigenvalue weighted by molar-refractivity contribution is -0.138. The highest BCUT2D eigenvalue weighted by Gasteiger charge is 2.33. The summed E-state index contributed by atoms with van der Waals surface area (Å²) in [6.07, 6.45) is -21.3. The number of aliphatic imine (C=N–C) groups is 2. The van der Waals surface area contributed by atoms with Crippen LogP contribution in [0.3, 0.4) is 0 Å². The average molecular weight is 1420 g/mol. The van der Waals surface area contributed by atoms with E-state index in [1.54, 1.807) is 45.2 Å². The summed E-state index contributed by atoms with van der Waals surface area (Å²) >= 11 is 0. The third-order valence-electron chi connectivity index (χ3n) is 11.1. The highest BCUT2D eigenvalue weighted by Crippen LogP contribution is 2.34. The minimum atomic E-state index is -4.50. The first-order valence-electron chi connectivity index (χ1n) is 29.3. The van der Waals surface area contributed by atoms with Crippen LogP contribution in [0.25, 0.3) is 0 Å². The Morgan fingerprint density at radius 3 is 1.03 bits per heavy atom. The van der Waals surface area contributed by atoms with Gasteiger partial charge in [0.25, 0.3) is 0 Å². The van der Waals surface area contributed by atoms with Crippen LogP contribution in [-0.4, -0.2) is 114 Å². The van der Waals surface area contributed by atoms with E-state index in [1.807, 2.05) is 41.5 Å². The number of alkyl halides is 12. The fourth-order valence-electron chi connectivity index (χ4n) is 6.45. The summed E-state index contributed by atoms with van der Waals surface area (Å²) in [6.45, 7) is 17.3. The zero-order valence-electron chi connectivity index (χ0n) is 54.8. The largest absolute Gasteiger partial charge is 0.497 e. The molecule has 0 aliphatic rings. The molecule has 0 aliphatic heterocycles. The number of benzene rings is 5. The van der Waals surface area contributed by atoms with E-state index in [0.29, 0.717) is 18.0 Å². The summed E-state index contributed by atoms with van der Waals surface area (Å²) < 4.78 is 182. The van der Waals surface area contributed by atoms with Gasteiger partial charge in [-0.15, -0.1) is 0 Å². The molecule has 0 saturated carbocycles. The molecule has 3 unspecified atom stereocenters. The number of amides is 6. The summed E-state index contributed by atoms with van der Waals surface area (Å²) in [5.41, 5.74) is -2.48. The van der Waals surface area contributed by atoms with Gasteiger partial charge in [-0.2, -0.15) is 62.7 Å². The summed E-state index contributed by atoms with van der Waals surface area (Å²) in [7, 11) is 1.57. The Balaban J connectivity index is 0.000000634. The molecule has 3 atom stereocenters. The first-order chi connectivity index (χ1) is 46.1. The molecule has 0 aromatic heterocycles. The topological polar surface area (TPSA) is 298 Å². The Morgan fingerprint density at radius 2 is 0.697 bits per heavy atom. The van der Waals surface area contributed by atoms with Gasteiger partial charge in [0, 0.05) is 17.1 Å². The monoisotopic (exact) mass is 1420 g/mol. The van der Waals surface area contributed by atoms with Crippen LogP contribution in [-0.2, 0) is 62.7 Å². The molecule has 6 N–H and O–H groups in total. The van der Waals surface area contributed by atoms with E-state index in [-0.39, 0.29) is 73.4 Å². The lowest BCUT2D eigenvalue weighted by atomic mass is 10.2. The van der Waals surface area contributed by atoms with E-state index < -0.39 is 102 Å². The van der Waals surface area contributed by atoms with Crippen molar-refractivity contribution in [2.75, 3.05) is 62.5 Å². The van der Waals surface area contributed by atoms with Gasteiger partial charge in [-0.1, -0.05) is 53.7 Å². The van der Waals surface area contributed by atoms with E-state index in [0.717, 1.165) is 72.8 Å². The number of hydrogen-bond acceptors (Lipinski definition) is 17. The van der Waals surface area contributed by atoms with Crippen molar-refractivity contribution < 1.29 is 124 Å². The highest BCUT2D eigenvalue weighted by molar-refractivity contribution is 5.86. The van der Waals surface area contributed by atoms with Crippen molar-refractivity contribution in [1.29, 1.82) is 0 Å². The molecule has 544 valence electrons. The second-order valence-electron chi connectivity index (χ2n) is 21.5. The number of anilines is 3. The van der Waals surface area contributed by atoms with Gasteiger partial charge in [0.1, 0.15) is 24.1 Å². The molecular formula is C64H74F12N8O15. The van der Waals surface area contributed by atoms with Crippen LogP contribution in [0.1, 0.15) is 84.6 Å². The standard InChI is InChI=1S/2C16H21F3N2O4.C16H24N2O5.2C8H4F3NO/c1-10(2)9-24-14(22)20-8-11(3)25-15(23)21-13-6-4-12(5-7-13)16(17,18)19;1-10(2)9-24-14(22)20-8-11(3)25-15(23)21-13-6-4-5-12(7-13)16(17,18)19;1-11(2)10-22-15(19)17-9-12(3)23-16(20)18-13-5-7-14(21-4)8-6-13;9-8(10,11)6-1-3-7(4-2-6)12-5-13;9-8(10,11)6-2-1-3-7(4-6)12-5-13/h2*4-7,10-11H,8-9H2,1-3H3,(H,20,22)(H,21,23);5-8,11-12H,9-10H2,1-4H3,(H,17,19)(H,18,20);2*1-4H. The Morgan fingerprint density at radius 1 is 0.384 bits per heavy atom. The molecule has 35 heteroatoms. The summed E-state index contributed by atoms with van der Waals surface area (Å²) in [4.78, 5) is 94.9. The second kappa shape index (κ2) is 43.6. The van der Waals surface area contributed by atoms with E-state index in [9.17, 15) is 91.0 Å². The van der Waals surface area contributed by atoms with Crippen molar-refractivity contribution in [3.8, 4) is 5.75 Å². The predicted molar refractivity (Wildman–Crippen MR) is 336 cm³/mol. The van der Waals surface area contributed by atoms with Crippen molar-refractivity contribution in [1.82, 2.24) is 16.0 Å². The number of carbonyl (C=O) groups excluding carboxylic acids is 8. The number of alkyl carbamates (subject to hydrolysis) is 3. The smallest absolute Gasteiger partial charge is 0.416 e. The number of ether oxygens (including phenoxy) is 7. The molecule has 5 rings (SSSR count). The minimum absolute atomic E-state index is 0.00688. The molecule has 6 amide bonds. The zero-order chi connectivity index (χ0) is 75.1. The summed E-state index contributed by atoms with van der Waals surface area (Å²) in [5, 5.41) is 14.5. The molecule has 5 aromatic carbocycles. The Kier molecular flexibility index (Phi) is 38.1. The molecule has 0 spiro atoms. The number of isocyanates is 2. The number of nitrogens with zero attached hydrogens (tertiary/aromatic N) is 2. The number of rotatable bonds is 21. The molecular weight excluding hydrogens is 1350 g/mol. The van der Waals surface area contributed by atoms with Crippen molar-refractivity contribution >= 4 is 77.2 Å². The molecule has 0 bridgehead atoms. The zero-order valence-corrected chi connectivity index (χ0v) is 54.8. The van der Waals surface area contributed by atoms with Gasteiger partial charge in [0.05, 0.1) is 80.2 Å². The molecule has 5 aromatic rings. The quantitative estimate of drug-likeness (QED) is 0.0172. The van der Waals surface area contributed by atoms with E-state index in [1.165, 1.54) is 43.3 Å². The van der Waals surface area contributed by atoms with E-state index >= 15 is 0 Å². The van der Waals surface area contributed by atoms with Gasteiger partial charge >= 0.3 is 61.3 Å². The first-order valence-corrected chi connectivity index (χ1v) is 29.3. The number of halogens is 12. The maximum absolute atomic E-state index is 12.6. The molecule has 0 fully saturated rings. The van der Waals surface area contributed by atoms with Crippen molar-refractivity contribution in [3.63, 3.8) is 0 Å². The molecule has 99 heavy (non-hydrogen) atoms. The third-order valence-corrected chi connectivity index (χ3v) is 11.1. The first kappa shape index (κ1) is 86.5. The van der Waals surface area contributed by atoms with E-state index in [2.05, 4.69) is 41.9 Å². The van der Waals surface area contributed by atoms with E-state index in [4.69, 9.17) is 33.2 Å². The fraction of sp³-hybridized carbons (Fsp3) is 0.406. The highest BCUT2D eigenvalue weighted by atomic mass is 19.4. The van der Waals surface area contributed by atoms with Crippen LogP contribution in [0.15, 0.2) is 131 Å². The van der Waals surface area contributed by atoms with Crippen LogP contribution < -0.4 is 36.6 Å². The minimum Gasteiger partial charge on any atom is -0.497 e. The molecule has 0 heterocycles. The van der Waals surface area contributed by atoms with Gasteiger partial charge in [0.2, 0.25) is 12.2 Å². The Labute approximate surface area is 560 Å². The van der Waals surface area contributed by atoms with Gasteiger partial charge in [-0.05, 0) is 148 Å². The lowest BCUT2D eigenvalue weighted by Crippen LogP contribution is -2.35. The van der Waals surface area contributed by atoms with Crippen LogP contribution >= 0.6 is 0 Å². The van der Waals surface area contributed by atoms with Gasteiger partial charge in [0.15, 0.2) is 0 Å². The maximum Gasteiger partial charge on any atom is 0.416 e. The van der Waals surface area contributed by atoms with Crippen molar-refractivity contribution in [3.05, 3.63) is 144 Å². The van der Waals surface area contributed by atoms with Gasteiger partial charge in [-0.25, -0.2) is 38.4 Å².